The number of esters is 1. The van der Waals surface area contributed by atoms with Gasteiger partial charge in [0.15, 0.2) is 23.9 Å². The van der Waals surface area contributed by atoms with Crippen molar-refractivity contribution >= 4 is 23.4 Å². The number of ether oxygens (including phenoxy) is 3. The monoisotopic (exact) mass is 493 g/mol. The van der Waals surface area contributed by atoms with Gasteiger partial charge in [0.25, 0.3) is 5.91 Å². The fraction of sp³-hybridized carbons (Fsp3) is 0.286. The number of amides is 1. The first-order valence-corrected chi connectivity index (χ1v) is 9.15. The quantitative estimate of drug-likeness (QED) is 0.150. The average molecular weight is 494 g/mol. The van der Waals surface area contributed by atoms with E-state index < -0.39 is 11.9 Å². The molecule has 9 nitrogen and oxygen atoms in total. The molecule has 2 rings (SSSR count). The fourth-order valence-corrected chi connectivity index (χ4v) is 2.46. The van der Waals surface area contributed by atoms with Crippen molar-refractivity contribution in [3.8, 4) is 11.5 Å². The Bertz CT molecular complexity index is 960. The number of Topliss-reactive ketones (excluding diaryl/α,β-unsaturated/α-hetero) is 1. The summed E-state index contributed by atoms with van der Waals surface area (Å²) in [6.45, 7) is 3.42. The van der Waals surface area contributed by atoms with Crippen molar-refractivity contribution in [1.29, 1.82) is 0 Å². The third kappa shape index (κ3) is 7.18. The van der Waals surface area contributed by atoms with Gasteiger partial charge in [-0.05, 0) is 32.0 Å². The first-order valence-electron chi connectivity index (χ1n) is 9.15. The second-order valence-electron chi connectivity index (χ2n) is 6.11. The van der Waals surface area contributed by atoms with E-state index in [2.05, 4.69) is 10.5 Å². The molecular formula is C21H24BrN3O6. The zero-order chi connectivity index (χ0) is 22.1. The summed E-state index contributed by atoms with van der Waals surface area (Å²) in [5, 5.41) is 3.72. The van der Waals surface area contributed by atoms with Gasteiger partial charge in [0.2, 0.25) is 12.3 Å². The van der Waals surface area contributed by atoms with Gasteiger partial charge in [0, 0.05) is 17.7 Å². The van der Waals surface area contributed by atoms with E-state index in [4.69, 9.17) is 14.2 Å². The van der Waals surface area contributed by atoms with Crippen LogP contribution >= 0.6 is 0 Å². The first-order chi connectivity index (χ1) is 14.4. The molecule has 0 spiro atoms. The van der Waals surface area contributed by atoms with Gasteiger partial charge in [-0.3, -0.25) is 9.59 Å². The Labute approximate surface area is 190 Å². The summed E-state index contributed by atoms with van der Waals surface area (Å²) in [6, 6.07) is 8.05. The lowest BCUT2D eigenvalue weighted by atomic mass is 10.1. The topological polar surface area (TPSA) is 107 Å². The Morgan fingerprint density at radius 3 is 2.23 bits per heavy atom. The summed E-state index contributed by atoms with van der Waals surface area (Å²) < 4.78 is 16.8. The maximum absolute atomic E-state index is 12.5. The van der Waals surface area contributed by atoms with Crippen molar-refractivity contribution in [3.63, 3.8) is 0 Å². The predicted molar refractivity (Wildman–Crippen MR) is 108 cm³/mol. The van der Waals surface area contributed by atoms with Crippen molar-refractivity contribution in [2.24, 2.45) is 5.10 Å². The van der Waals surface area contributed by atoms with Crippen LogP contribution in [0.3, 0.4) is 0 Å². The van der Waals surface area contributed by atoms with Crippen LogP contribution in [0.5, 0.6) is 11.5 Å². The second kappa shape index (κ2) is 12.4. The van der Waals surface area contributed by atoms with Crippen LogP contribution in [0.15, 0.2) is 47.8 Å². The number of halogens is 1. The molecule has 1 aromatic heterocycles. The van der Waals surface area contributed by atoms with E-state index in [1.807, 2.05) is 0 Å². The van der Waals surface area contributed by atoms with Crippen LogP contribution in [-0.4, -0.2) is 44.2 Å². The molecule has 31 heavy (non-hydrogen) atoms. The number of aromatic nitrogens is 1. The van der Waals surface area contributed by atoms with Crippen LogP contribution in [0.2, 0.25) is 0 Å². The number of nitrogens with zero attached hydrogens (tertiary/aromatic N) is 2. The Morgan fingerprint density at radius 1 is 1.00 bits per heavy atom. The molecule has 0 aliphatic carbocycles. The highest BCUT2D eigenvalue weighted by molar-refractivity contribution is 6.35. The summed E-state index contributed by atoms with van der Waals surface area (Å²) in [5.74, 6) is -0.209. The molecule has 1 N–H and O–H groups in total. The number of hydrogen-bond acceptors (Lipinski definition) is 7. The van der Waals surface area contributed by atoms with Gasteiger partial charge in [-0.2, -0.15) is 9.67 Å². The zero-order valence-electron chi connectivity index (χ0n) is 17.7. The molecule has 166 valence electrons. The highest BCUT2D eigenvalue weighted by Gasteiger charge is 2.16. The summed E-state index contributed by atoms with van der Waals surface area (Å²) in [6.07, 6.45) is 3.21. The molecule has 1 amide bonds. The lowest BCUT2D eigenvalue weighted by Gasteiger charge is -2.08. The number of hydrogen-bond donors (Lipinski definition) is 1. The molecule has 1 aromatic carbocycles. The highest BCUT2D eigenvalue weighted by Crippen LogP contribution is 2.27. The van der Waals surface area contributed by atoms with Gasteiger partial charge < -0.3 is 31.2 Å². The zero-order valence-corrected chi connectivity index (χ0v) is 19.3. The van der Waals surface area contributed by atoms with E-state index in [1.54, 1.807) is 54.2 Å². The number of carbonyl (C=O) groups excluding carboxylic acids is 3. The molecule has 0 unspecified atom stereocenters. The molecule has 0 bridgehead atoms. The Kier molecular flexibility index (Phi) is 10.3. The van der Waals surface area contributed by atoms with E-state index in [0.29, 0.717) is 22.6 Å². The van der Waals surface area contributed by atoms with Crippen LogP contribution in [-0.2, 0) is 16.1 Å². The van der Waals surface area contributed by atoms with Crippen molar-refractivity contribution in [3.05, 3.63) is 53.9 Å². The SMILES string of the molecule is CCOC(=O)/C(C)=N/NC(=O)c1cc[n+](CC(=O)c2ccc(OC)c(OC)c2)cc1.[Br-]. The number of ketones is 1. The number of methoxy groups -OCH3 is 2. The first kappa shape index (κ1) is 25.8. The Balaban J connectivity index is 0.00000480. The molecule has 0 aliphatic heterocycles. The minimum absolute atomic E-state index is 0. The Morgan fingerprint density at radius 2 is 1.65 bits per heavy atom. The molecule has 0 atom stereocenters. The number of carbonyl (C=O) groups is 3. The minimum atomic E-state index is -0.600. The van der Waals surface area contributed by atoms with E-state index in [-0.39, 0.29) is 41.6 Å². The summed E-state index contributed by atoms with van der Waals surface area (Å²) in [4.78, 5) is 36.2. The summed E-state index contributed by atoms with van der Waals surface area (Å²) in [7, 11) is 3.03. The van der Waals surface area contributed by atoms with E-state index in [1.165, 1.54) is 21.1 Å². The predicted octanol–water partition coefficient (Wildman–Crippen LogP) is -1.45. The lowest BCUT2D eigenvalue weighted by Crippen LogP contribution is -3.00. The average Bonchev–Trinajstić information content (AvgIpc) is 2.77. The largest absolute Gasteiger partial charge is 1.00 e. The molecule has 10 heteroatoms. The Hall–Kier alpha value is -3.27. The fourth-order valence-electron chi connectivity index (χ4n) is 2.46. The normalized spacial score (nSPS) is 10.5. The molecule has 0 saturated heterocycles. The van der Waals surface area contributed by atoms with Gasteiger partial charge in [0.1, 0.15) is 5.71 Å². The van der Waals surface area contributed by atoms with Crippen LogP contribution in [0.25, 0.3) is 0 Å². The standard InChI is InChI=1S/C21H23N3O6.BrH/c1-5-30-21(27)14(2)22-23-20(26)15-8-10-24(11-9-15)13-17(25)16-6-7-18(28-3)19(12-16)29-4;/h6-12H,5,13H2,1-4H3;1H. The molecule has 1 heterocycles. The van der Waals surface area contributed by atoms with Gasteiger partial charge in [-0.25, -0.2) is 10.2 Å². The van der Waals surface area contributed by atoms with Crippen molar-refractivity contribution in [1.82, 2.24) is 5.43 Å². The number of nitrogens with one attached hydrogen (secondary N) is 1. The minimum Gasteiger partial charge on any atom is -1.00 e. The smallest absolute Gasteiger partial charge is 0.354 e. The lowest BCUT2D eigenvalue weighted by molar-refractivity contribution is -0.683. The number of hydrazone groups is 1. The number of benzene rings is 1. The van der Waals surface area contributed by atoms with Crippen LogP contribution < -0.4 is 36.4 Å². The molecule has 0 radical (unpaired) electrons. The maximum atomic E-state index is 12.5. The van der Waals surface area contributed by atoms with Gasteiger partial charge >= 0.3 is 5.97 Å². The van der Waals surface area contributed by atoms with Crippen LogP contribution in [0, 0.1) is 0 Å². The van der Waals surface area contributed by atoms with Gasteiger partial charge in [-0.1, -0.05) is 0 Å². The van der Waals surface area contributed by atoms with Crippen molar-refractivity contribution in [2.45, 2.75) is 20.4 Å². The maximum Gasteiger partial charge on any atom is 0.354 e. The summed E-state index contributed by atoms with van der Waals surface area (Å²) in [5.41, 5.74) is 3.13. The van der Waals surface area contributed by atoms with E-state index in [0.717, 1.165) is 0 Å². The third-order valence-corrected chi connectivity index (χ3v) is 4.08. The molecule has 0 aliphatic rings. The molecule has 0 saturated carbocycles. The second-order valence-corrected chi connectivity index (χ2v) is 6.11. The molecule has 0 fully saturated rings. The molecular weight excluding hydrogens is 470 g/mol. The van der Waals surface area contributed by atoms with E-state index >= 15 is 0 Å². The van der Waals surface area contributed by atoms with Crippen molar-refractivity contribution < 1.29 is 50.1 Å². The number of pyridine rings is 1. The van der Waals surface area contributed by atoms with E-state index in [9.17, 15) is 14.4 Å². The van der Waals surface area contributed by atoms with Crippen LogP contribution in [0.4, 0.5) is 0 Å². The number of rotatable bonds is 9. The van der Waals surface area contributed by atoms with Gasteiger partial charge in [0.05, 0.1) is 26.4 Å². The highest BCUT2D eigenvalue weighted by atomic mass is 79.9. The molecule has 2 aromatic rings. The third-order valence-electron chi connectivity index (χ3n) is 4.08. The van der Waals surface area contributed by atoms with Crippen molar-refractivity contribution in [2.75, 3.05) is 20.8 Å². The summed E-state index contributed by atoms with van der Waals surface area (Å²) >= 11 is 0. The van der Waals surface area contributed by atoms with Crippen LogP contribution in [0.1, 0.15) is 34.6 Å². The van der Waals surface area contributed by atoms with Gasteiger partial charge in [-0.15, -0.1) is 0 Å².